The normalized spacial score (nSPS) is 22.8. The van der Waals surface area contributed by atoms with Crippen molar-refractivity contribution in [1.82, 2.24) is 4.90 Å². The van der Waals surface area contributed by atoms with Gasteiger partial charge in [0, 0.05) is 13.1 Å². The third-order valence-electron chi connectivity index (χ3n) is 2.54. The van der Waals surface area contributed by atoms with Crippen LogP contribution in [0.25, 0.3) is 0 Å². The molecule has 1 aliphatic rings. The van der Waals surface area contributed by atoms with Gasteiger partial charge < -0.3 is 4.90 Å². The lowest BCUT2D eigenvalue weighted by Crippen LogP contribution is -2.47. The van der Waals surface area contributed by atoms with E-state index in [1.54, 1.807) is 4.90 Å². The average Bonchev–Trinajstić information content (AvgIpc) is 2.15. The molecule has 1 atom stereocenters. The summed E-state index contributed by atoms with van der Waals surface area (Å²) in [5.74, 6) is 0.275. The molecule has 0 aromatic heterocycles. The molecule has 6 heteroatoms. The lowest BCUT2D eigenvalue weighted by Gasteiger charge is -2.29. The zero-order valence-corrected chi connectivity index (χ0v) is 10.7. The molecule has 1 aliphatic heterocycles. The number of carbonyl (C=O) groups is 1. The van der Waals surface area contributed by atoms with Crippen molar-refractivity contribution in [3.8, 4) is 0 Å². The molecule has 0 bridgehead atoms. The topological polar surface area (TPSA) is 54.5 Å². The van der Waals surface area contributed by atoms with Crippen molar-refractivity contribution in [3.05, 3.63) is 0 Å². The van der Waals surface area contributed by atoms with Gasteiger partial charge in [0.25, 0.3) is 0 Å². The first-order chi connectivity index (χ1) is 6.83. The Morgan fingerprint density at radius 3 is 2.13 bits per heavy atom. The van der Waals surface area contributed by atoms with Gasteiger partial charge in [-0.3, -0.25) is 4.79 Å². The van der Waals surface area contributed by atoms with Crippen LogP contribution in [0, 0.1) is 5.92 Å². The number of thiol groups is 1. The van der Waals surface area contributed by atoms with Crippen LogP contribution in [0.3, 0.4) is 0 Å². The predicted octanol–water partition coefficient (Wildman–Crippen LogP) is 0.198. The summed E-state index contributed by atoms with van der Waals surface area (Å²) < 4.78 is 22.3. The summed E-state index contributed by atoms with van der Waals surface area (Å²) in [5.41, 5.74) is 0. The monoisotopic (exact) mass is 251 g/mol. The molecule has 0 aliphatic carbocycles. The van der Waals surface area contributed by atoms with Crippen molar-refractivity contribution in [1.29, 1.82) is 0 Å². The predicted molar refractivity (Wildman–Crippen MR) is 62.8 cm³/mol. The van der Waals surface area contributed by atoms with Gasteiger partial charge in [0.1, 0.15) is 0 Å². The molecular formula is C9H17NO3S2. The quantitative estimate of drug-likeness (QED) is 0.713. The van der Waals surface area contributed by atoms with Crippen LogP contribution < -0.4 is 0 Å². The Labute approximate surface area is 96.4 Å². The van der Waals surface area contributed by atoms with E-state index in [1.165, 1.54) is 0 Å². The van der Waals surface area contributed by atoms with Gasteiger partial charge in [-0.15, -0.1) is 0 Å². The van der Waals surface area contributed by atoms with Gasteiger partial charge in [-0.2, -0.15) is 12.6 Å². The summed E-state index contributed by atoms with van der Waals surface area (Å²) in [6.07, 6.45) is 0. The smallest absolute Gasteiger partial charge is 0.235 e. The van der Waals surface area contributed by atoms with Crippen LogP contribution in [0.1, 0.15) is 13.8 Å². The largest absolute Gasteiger partial charge is 0.340 e. The highest BCUT2D eigenvalue weighted by atomic mass is 32.2. The summed E-state index contributed by atoms with van der Waals surface area (Å²) in [6, 6.07) is 0. The van der Waals surface area contributed by atoms with E-state index in [1.807, 2.05) is 13.8 Å². The maximum Gasteiger partial charge on any atom is 0.235 e. The number of hydrogen-bond donors (Lipinski definition) is 1. The second-order valence-corrected chi connectivity index (χ2v) is 7.03. The molecule has 0 spiro atoms. The van der Waals surface area contributed by atoms with Crippen molar-refractivity contribution in [3.63, 3.8) is 0 Å². The SMILES string of the molecule is CC(C)C(S)C(=O)N1CCS(=O)(=O)CC1. The first-order valence-electron chi connectivity index (χ1n) is 5.01. The standard InChI is InChI=1S/C9H17NO3S2/c1-7(2)8(14)9(11)10-3-5-15(12,13)6-4-10/h7-8,14H,3-6H2,1-2H3. The Bertz CT molecular complexity index is 323. The lowest BCUT2D eigenvalue weighted by molar-refractivity contribution is -0.130. The second-order valence-electron chi connectivity index (χ2n) is 4.17. The fourth-order valence-corrected chi connectivity index (χ4v) is 2.77. The number of rotatable bonds is 2. The molecule has 0 N–H and O–H groups in total. The first-order valence-corrected chi connectivity index (χ1v) is 7.34. The highest BCUT2D eigenvalue weighted by molar-refractivity contribution is 7.91. The van der Waals surface area contributed by atoms with E-state index in [4.69, 9.17) is 0 Å². The molecule has 1 heterocycles. The van der Waals surface area contributed by atoms with E-state index in [9.17, 15) is 13.2 Å². The number of nitrogens with zero attached hydrogens (tertiary/aromatic N) is 1. The van der Waals surface area contributed by atoms with Crippen molar-refractivity contribution >= 4 is 28.4 Å². The molecule has 4 nitrogen and oxygen atoms in total. The summed E-state index contributed by atoms with van der Waals surface area (Å²) in [6.45, 7) is 4.47. The molecule has 0 aromatic carbocycles. The lowest BCUT2D eigenvalue weighted by atomic mass is 10.1. The van der Waals surface area contributed by atoms with Gasteiger partial charge in [0.2, 0.25) is 5.91 Å². The Balaban J connectivity index is 2.57. The third kappa shape index (κ3) is 3.38. The van der Waals surface area contributed by atoms with Gasteiger partial charge in [0.05, 0.1) is 16.8 Å². The Kier molecular flexibility index (Phi) is 4.06. The van der Waals surface area contributed by atoms with Crippen molar-refractivity contribution in [2.75, 3.05) is 24.6 Å². The number of sulfone groups is 1. The zero-order valence-electron chi connectivity index (χ0n) is 9.01. The van der Waals surface area contributed by atoms with Gasteiger partial charge in [-0.25, -0.2) is 8.42 Å². The highest BCUT2D eigenvalue weighted by Crippen LogP contribution is 2.14. The van der Waals surface area contributed by atoms with E-state index in [0.717, 1.165) is 0 Å². The molecule has 0 saturated carbocycles. The third-order valence-corrected chi connectivity index (χ3v) is 4.97. The van der Waals surface area contributed by atoms with E-state index in [0.29, 0.717) is 13.1 Å². The van der Waals surface area contributed by atoms with Gasteiger partial charge in [-0.05, 0) is 5.92 Å². The molecule has 1 rings (SSSR count). The maximum absolute atomic E-state index is 11.8. The van der Waals surface area contributed by atoms with Crippen molar-refractivity contribution < 1.29 is 13.2 Å². The maximum atomic E-state index is 11.8. The van der Waals surface area contributed by atoms with Crippen LogP contribution in [0.4, 0.5) is 0 Å². The summed E-state index contributed by atoms with van der Waals surface area (Å²) in [7, 11) is -2.91. The summed E-state index contributed by atoms with van der Waals surface area (Å²) >= 11 is 4.23. The minimum Gasteiger partial charge on any atom is -0.340 e. The number of carbonyl (C=O) groups excluding carboxylic acids is 1. The minimum absolute atomic E-state index is 0.0526. The summed E-state index contributed by atoms with van der Waals surface area (Å²) in [4.78, 5) is 13.4. The first kappa shape index (κ1) is 12.8. The Morgan fingerprint density at radius 1 is 1.27 bits per heavy atom. The molecule has 1 saturated heterocycles. The van der Waals surface area contributed by atoms with Gasteiger partial charge >= 0.3 is 0 Å². The van der Waals surface area contributed by atoms with Crippen LogP contribution in [0.15, 0.2) is 0 Å². The van der Waals surface area contributed by atoms with E-state index >= 15 is 0 Å². The van der Waals surface area contributed by atoms with Crippen LogP contribution in [-0.2, 0) is 14.6 Å². The van der Waals surface area contributed by atoms with Gasteiger partial charge in [-0.1, -0.05) is 13.8 Å². The van der Waals surface area contributed by atoms with Crippen molar-refractivity contribution in [2.24, 2.45) is 5.92 Å². The highest BCUT2D eigenvalue weighted by Gasteiger charge is 2.29. The zero-order chi connectivity index (χ0) is 11.6. The van der Waals surface area contributed by atoms with Crippen molar-refractivity contribution in [2.45, 2.75) is 19.1 Å². The molecule has 1 unspecified atom stereocenters. The molecule has 1 fully saturated rings. The van der Waals surface area contributed by atoms with Crippen LogP contribution in [-0.4, -0.2) is 49.1 Å². The van der Waals surface area contributed by atoms with Gasteiger partial charge in [0.15, 0.2) is 9.84 Å². The minimum atomic E-state index is -2.91. The van der Waals surface area contributed by atoms with Crippen LogP contribution in [0.2, 0.25) is 0 Å². The number of hydrogen-bond acceptors (Lipinski definition) is 4. The van der Waals surface area contributed by atoms with Crippen LogP contribution >= 0.6 is 12.6 Å². The Hall–Kier alpha value is -0.230. The van der Waals surface area contributed by atoms with Crippen LogP contribution in [0.5, 0.6) is 0 Å². The van der Waals surface area contributed by atoms with E-state index in [2.05, 4.69) is 12.6 Å². The number of amides is 1. The fourth-order valence-electron chi connectivity index (χ4n) is 1.41. The molecule has 1 amide bonds. The molecule has 15 heavy (non-hydrogen) atoms. The van der Waals surface area contributed by atoms with E-state index < -0.39 is 9.84 Å². The average molecular weight is 251 g/mol. The molecule has 0 radical (unpaired) electrons. The van der Waals surface area contributed by atoms with E-state index in [-0.39, 0.29) is 28.6 Å². The Morgan fingerprint density at radius 2 is 1.73 bits per heavy atom. The molecular weight excluding hydrogens is 234 g/mol. The molecule has 0 aromatic rings. The fraction of sp³-hybridized carbons (Fsp3) is 0.889. The molecule has 88 valence electrons. The second kappa shape index (κ2) is 4.74. The summed E-state index contributed by atoms with van der Waals surface area (Å²) in [5, 5.41) is -0.328.